The van der Waals surface area contributed by atoms with E-state index in [0.717, 1.165) is 22.3 Å². The van der Waals surface area contributed by atoms with Crippen LogP contribution in [0.2, 0.25) is 0 Å². The summed E-state index contributed by atoms with van der Waals surface area (Å²) < 4.78 is 0.920. The Labute approximate surface area is 119 Å². The molecule has 18 heavy (non-hydrogen) atoms. The topological polar surface area (TPSA) is 62.2 Å². The lowest BCUT2D eigenvalue weighted by Gasteiger charge is -2.25. The van der Waals surface area contributed by atoms with Gasteiger partial charge in [0.1, 0.15) is 5.54 Å². The van der Waals surface area contributed by atoms with E-state index in [0.29, 0.717) is 11.8 Å². The zero-order chi connectivity index (χ0) is 13.2. The van der Waals surface area contributed by atoms with Crippen molar-refractivity contribution in [2.45, 2.75) is 36.4 Å². The predicted molar refractivity (Wildman–Crippen MR) is 74.9 cm³/mol. The standard InChI is InChI=1S/C12H15BrN2O2S/c1-12(11(16)17,15-9-3-4-9)7-18-10-5-2-8(13)6-14-10/h2,5-6,9,15H,3-4,7H2,1H3,(H,16,17). The van der Waals surface area contributed by atoms with E-state index in [2.05, 4.69) is 26.2 Å². The molecule has 1 fully saturated rings. The fourth-order valence-electron chi connectivity index (χ4n) is 1.51. The van der Waals surface area contributed by atoms with E-state index in [1.165, 1.54) is 11.8 Å². The molecule has 1 atom stereocenters. The van der Waals surface area contributed by atoms with Gasteiger partial charge in [-0.15, -0.1) is 11.8 Å². The Hall–Kier alpha value is -0.590. The number of aromatic nitrogens is 1. The van der Waals surface area contributed by atoms with Crippen LogP contribution in [0.15, 0.2) is 27.8 Å². The first-order chi connectivity index (χ1) is 8.49. The number of nitrogens with one attached hydrogen (secondary N) is 1. The maximum atomic E-state index is 11.4. The largest absolute Gasteiger partial charge is 0.480 e. The lowest BCUT2D eigenvalue weighted by atomic mass is 10.1. The third-order valence-corrected chi connectivity index (χ3v) is 4.51. The molecule has 1 heterocycles. The molecule has 1 aromatic heterocycles. The molecular formula is C12H15BrN2O2S. The Morgan fingerprint density at radius 2 is 2.39 bits per heavy atom. The Morgan fingerprint density at radius 3 is 2.89 bits per heavy atom. The van der Waals surface area contributed by atoms with Gasteiger partial charge in [-0.1, -0.05) is 0 Å². The first-order valence-corrected chi connectivity index (χ1v) is 7.53. The van der Waals surface area contributed by atoms with Crippen molar-refractivity contribution in [2.24, 2.45) is 0 Å². The average molecular weight is 331 g/mol. The predicted octanol–water partition coefficient (Wildman–Crippen LogP) is 2.53. The third kappa shape index (κ3) is 3.70. The van der Waals surface area contributed by atoms with E-state index < -0.39 is 11.5 Å². The number of thioether (sulfide) groups is 1. The van der Waals surface area contributed by atoms with Crippen LogP contribution in [-0.4, -0.2) is 33.4 Å². The Morgan fingerprint density at radius 1 is 1.67 bits per heavy atom. The van der Waals surface area contributed by atoms with E-state index in [-0.39, 0.29) is 0 Å². The second-order valence-electron chi connectivity index (χ2n) is 4.66. The Bertz CT molecular complexity index is 436. The highest BCUT2D eigenvalue weighted by atomic mass is 79.9. The lowest BCUT2D eigenvalue weighted by Crippen LogP contribution is -2.52. The molecule has 0 spiro atoms. The molecule has 0 amide bonds. The van der Waals surface area contributed by atoms with Crippen LogP contribution in [-0.2, 0) is 4.79 Å². The second-order valence-corrected chi connectivity index (χ2v) is 6.57. The summed E-state index contributed by atoms with van der Waals surface area (Å²) in [5.74, 6) is -0.341. The molecule has 1 aliphatic carbocycles. The number of carboxylic acids is 1. The minimum atomic E-state index is -0.888. The number of nitrogens with zero attached hydrogens (tertiary/aromatic N) is 1. The number of carboxylic acid groups (broad SMARTS) is 1. The van der Waals surface area contributed by atoms with Gasteiger partial charge in [-0.05, 0) is 47.8 Å². The smallest absolute Gasteiger partial charge is 0.324 e. The highest BCUT2D eigenvalue weighted by Gasteiger charge is 2.38. The summed E-state index contributed by atoms with van der Waals surface area (Å²) in [5.41, 5.74) is -0.888. The quantitative estimate of drug-likeness (QED) is 0.785. The van der Waals surface area contributed by atoms with Crippen LogP contribution >= 0.6 is 27.7 Å². The molecular weight excluding hydrogens is 316 g/mol. The van der Waals surface area contributed by atoms with E-state index in [4.69, 9.17) is 0 Å². The number of hydrogen-bond acceptors (Lipinski definition) is 4. The zero-order valence-corrected chi connectivity index (χ0v) is 12.4. The molecule has 2 N–H and O–H groups in total. The highest BCUT2D eigenvalue weighted by Crippen LogP contribution is 2.27. The second kappa shape index (κ2) is 5.59. The molecule has 6 heteroatoms. The summed E-state index contributed by atoms with van der Waals surface area (Å²) >= 11 is 4.78. The van der Waals surface area contributed by atoms with Crippen molar-refractivity contribution >= 4 is 33.7 Å². The number of carbonyl (C=O) groups is 1. The van der Waals surface area contributed by atoms with Crippen LogP contribution in [0.3, 0.4) is 0 Å². The minimum absolute atomic E-state index is 0.365. The maximum Gasteiger partial charge on any atom is 0.324 e. The summed E-state index contributed by atoms with van der Waals surface area (Å²) in [6.07, 6.45) is 3.86. The van der Waals surface area contributed by atoms with Crippen molar-refractivity contribution in [3.8, 4) is 0 Å². The van der Waals surface area contributed by atoms with E-state index in [1.807, 2.05) is 12.1 Å². The molecule has 2 rings (SSSR count). The minimum Gasteiger partial charge on any atom is -0.480 e. The number of pyridine rings is 1. The van der Waals surface area contributed by atoms with Crippen LogP contribution in [0.4, 0.5) is 0 Å². The molecule has 1 unspecified atom stereocenters. The van der Waals surface area contributed by atoms with Crippen LogP contribution in [0.25, 0.3) is 0 Å². The summed E-state index contributed by atoms with van der Waals surface area (Å²) in [6, 6.07) is 4.15. The van der Waals surface area contributed by atoms with Crippen molar-refractivity contribution in [1.29, 1.82) is 0 Å². The van der Waals surface area contributed by atoms with Crippen LogP contribution in [0.5, 0.6) is 0 Å². The molecule has 4 nitrogen and oxygen atoms in total. The van der Waals surface area contributed by atoms with Gasteiger partial charge in [0.25, 0.3) is 0 Å². The van der Waals surface area contributed by atoms with Gasteiger partial charge in [-0.3, -0.25) is 10.1 Å². The fourth-order valence-corrected chi connectivity index (χ4v) is 2.68. The summed E-state index contributed by atoms with van der Waals surface area (Å²) in [5, 5.41) is 13.4. The molecule has 1 aliphatic rings. The Balaban J connectivity index is 1.96. The SMILES string of the molecule is CC(CSc1ccc(Br)cn1)(NC1CC1)C(=O)O. The third-order valence-electron chi connectivity index (χ3n) is 2.78. The van der Waals surface area contributed by atoms with Gasteiger partial charge in [0, 0.05) is 22.5 Å². The molecule has 98 valence electrons. The molecule has 0 aliphatic heterocycles. The van der Waals surface area contributed by atoms with Crippen molar-refractivity contribution in [3.05, 3.63) is 22.8 Å². The fraction of sp³-hybridized carbons (Fsp3) is 0.500. The van der Waals surface area contributed by atoms with Gasteiger partial charge in [-0.2, -0.15) is 0 Å². The lowest BCUT2D eigenvalue weighted by molar-refractivity contribution is -0.143. The van der Waals surface area contributed by atoms with Crippen LogP contribution < -0.4 is 5.32 Å². The van der Waals surface area contributed by atoms with Gasteiger partial charge >= 0.3 is 5.97 Å². The van der Waals surface area contributed by atoms with Gasteiger partial charge in [0.15, 0.2) is 0 Å². The number of aliphatic carboxylic acids is 1. The number of rotatable bonds is 6. The summed E-state index contributed by atoms with van der Waals surface area (Å²) in [7, 11) is 0. The maximum absolute atomic E-state index is 11.4. The van der Waals surface area contributed by atoms with Crippen LogP contribution in [0.1, 0.15) is 19.8 Å². The first-order valence-electron chi connectivity index (χ1n) is 5.75. The van der Waals surface area contributed by atoms with Gasteiger partial charge < -0.3 is 5.11 Å². The van der Waals surface area contributed by atoms with E-state index in [1.54, 1.807) is 13.1 Å². The molecule has 0 saturated heterocycles. The van der Waals surface area contributed by atoms with Crippen molar-refractivity contribution in [1.82, 2.24) is 10.3 Å². The monoisotopic (exact) mass is 330 g/mol. The summed E-state index contributed by atoms with van der Waals surface area (Å²) in [6.45, 7) is 1.74. The highest BCUT2D eigenvalue weighted by molar-refractivity contribution is 9.10. The molecule has 0 bridgehead atoms. The van der Waals surface area contributed by atoms with E-state index in [9.17, 15) is 9.90 Å². The van der Waals surface area contributed by atoms with Crippen molar-refractivity contribution in [3.63, 3.8) is 0 Å². The van der Waals surface area contributed by atoms with Crippen LogP contribution in [0, 0.1) is 0 Å². The van der Waals surface area contributed by atoms with Crippen molar-refractivity contribution < 1.29 is 9.90 Å². The molecule has 1 saturated carbocycles. The number of hydrogen-bond donors (Lipinski definition) is 2. The van der Waals surface area contributed by atoms with Gasteiger partial charge in [0.2, 0.25) is 0 Å². The van der Waals surface area contributed by atoms with Gasteiger partial charge in [-0.25, -0.2) is 4.98 Å². The normalized spacial score (nSPS) is 18.3. The summed E-state index contributed by atoms with van der Waals surface area (Å²) in [4.78, 5) is 15.6. The zero-order valence-electron chi connectivity index (χ0n) is 10.0. The van der Waals surface area contributed by atoms with E-state index >= 15 is 0 Å². The number of halogens is 1. The first kappa shape index (κ1) is 13.8. The molecule has 0 radical (unpaired) electrons. The molecule has 1 aromatic rings. The average Bonchev–Trinajstić information content (AvgIpc) is 3.12. The van der Waals surface area contributed by atoms with Gasteiger partial charge in [0.05, 0.1) is 5.03 Å². The Kier molecular flexibility index (Phi) is 4.29. The molecule has 0 aromatic carbocycles. The van der Waals surface area contributed by atoms with Crippen molar-refractivity contribution in [2.75, 3.05) is 5.75 Å².